The Morgan fingerprint density at radius 2 is 0.755 bits per heavy atom. The molecule has 0 saturated carbocycles. The van der Waals surface area contributed by atoms with Gasteiger partial charge in [-0.2, -0.15) is 0 Å². The van der Waals surface area contributed by atoms with Gasteiger partial charge in [-0.05, 0) is 63.7 Å². The third kappa shape index (κ3) is 5.45. The Labute approximate surface area is 284 Å². The SMILES string of the molecule is c1ccc(-c2cccc(-c3cccc(-c4cc(-c5nc(-c6ccccc6)nc(-c6ccccc6)n5)cc5oc6ccccc6c45)c3)c2)cc1. The second kappa shape index (κ2) is 12.2. The van der Waals surface area contributed by atoms with Gasteiger partial charge in [0.25, 0.3) is 0 Å². The number of para-hydroxylation sites is 1. The fraction of sp³-hybridized carbons (Fsp3) is 0. The van der Waals surface area contributed by atoms with Gasteiger partial charge in [0.15, 0.2) is 17.5 Å². The molecule has 230 valence electrons. The lowest BCUT2D eigenvalue weighted by atomic mass is 9.93. The van der Waals surface area contributed by atoms with Crippen molar-refractivity contribution in [3.8, 4) is 67.5 Å². The Bertz CT molecular complexity index is 2540. The molecule has 0 unspecified atom stereocenters. The highest BCUT2D eigenvalue weighted by Gasteiger charge is 2.19. The van der Waals surface area contributed by atoms with Gasteiger partial charge in [0.1, 0.15) is 11.2 Å². The van der Waals surface area contributed by atoms with E-state index in [9.17, 15) is 0 Å². The summed E-state index contributed by atoms with van der Waals surface area (Å²) in [5.41, 5.74) is 11.2. The monoisotopic (exact) mass is 627 g/mol. The Balaban J connectivity index is 1.24. The van der Waals surface area contributed by atoms with E-state index in [1.165, 1.54) is 11.1 Å². The van der Waals surface area contributed by atoms with Crippen LogP contribution in [0.4, 0.5) is 0 Å². The quantitative estimate of drug-likeness (QED) is 0.184. The summed E-state index contributed by atoms with van der Waals surface area (Å²) in [6, 6.07) is 60.6. The molecule has 0 atom stereocenters. The average molecular weight is 628 g/mol. The number of benzene rings is 7. The minimum atomic E-state index is 0.586. The number of hydrogen-bond donors (Lipinski definition) is 0. The van der Waals surface area contributed by atoms with E-state index in [1.54, 1.807) is 0 Å². The molecular formula is C45H29N3O. The summed E-state index contributed by atoms with van der Waals surface area (Å²) in [5.74, 6) is 1.83. The summed E-state index contributed by atoms with van der Waals surface area (Å²) in [7, 11) is 0. The predicted molar refractivity (Wildman–Crippen MR) is 200 cm³/mol. The van der Waals surface area contributed by atoms with Crippen LogP contribution in [0.5, 0.6) is 0 Å². The van der Waals surface area contributed by atoms with Crippen molar-refractivity contribution in [2.24, 2.45) is 0 Å². The molecule has 2 heterocycles. The Hall–Kier alpha value is -6.65. The van der Waals surface area contributed by atoms with Gasteiger partial charge in [-0.1, -0.05) is 146 Å². The molecule has 0 N–H and O–H groups in total. The van der Waals surface area contributed by atoms with Crippen LogP contribution in [-0.4, -0.2) is 15.0 Å². The summed E-state index contributed by atoms with van der Waals surface area (Å²) in [4.78, 5) is 15.0. The predicted octanol–water partition coefficient (Wildman–Crippen LogP) is 11.8. The third-order valence-corrected chi connectivity index (χ3v) is 8.91. The first-order valence-corrected chi connectivity index (χ1v) is 16.4. The zero-order chi connectivity index (χ0) is 32.6. The number of aromatic nitrogens is 3. The highest BCUT2D eigenvalue weighted by molar-refractivity contribution is 6.13. The van der Waals surface area contributed by atoms with Crippen LogP contribution < -0.4 is 0 Å². The molecule has 0 radical (unpaired) electrons. The van der Waals surface area contributed by atoms with E-state index in [-0.39, 0.29) is 0 Å². The Kier molecular flexibility index (Phi) is 7.10. The molecule has 2 aromatic heterocycles. The molecule has 0 saturated heterocycles. The smallest absolute Gasteiger partial charge is 0.164 e. The van der Waals surface area contributed by atoms with Crippen LogP contribution in [-0.2, 0) is 0 Å². The fourth-order valence-electron chi connectivity index (χ4n) is 6.52. The molecule has 9 rings (SSSR count). The number of fused-ring (bicyclic) bond motifs is 3. The summed E-state index contributed by atoms with van der Waals surface area (Å²) < 4.78 is 6.51. The maximum atomic E-state index is 6.51. The Morgan fingerprint density at radius 3 is 1.37 bits per heavy atom. The van der Waals surface area contributed by atoms with Gasteiger partial charge in [-0.25, -0.2) is 15.0 Å². The maximum Gasteiger partial charge on any atom is 0.164 e. The minimum Gasteiger partial charge on any atom is -0.456 e. The zero-order valence-electron chi connectivity index (χ0n) is 26.5. The lowest BCUT2D eigenvalue weighted by molar-refractivity contribution is 0.669. The van der Waals surface area contributed by atoms with Gasteiger partial charge in [0.05, 0.1) is 0 Å². The zero-order valence-corrected chi connectivity index (χ0v) is 26.5. The minimum absolute atomic E-state index is 0.586. The number of rotatable bonds is 6. The fourth-order valence-corrected chi connectivity index (χ4v) is 6.52. The van der Waals surface area contributed by atoms with E-state index in [2.05, 4.69) is 97.1 Å². The van der Waals surface area contributed by atoms with E-state index < -0.39 is 0 Å². The second-order valence-corrected chi connectivity index (χ2v) is 12.1. The first-order chi connectivity index (χ1) is 24.3. The second-order valence-electron chi connectivity index (χ2n) is 12.1. The van der Waals surface area contributed by atoms with Crippen molar-refractivity contribution >= 4 is 21.9 Å². The molecule has 0 fully saturated rings. The molecular weight excluding hydrogens is 599 g/mol. The molecule has 7 aromatic carbocycles. The summed E-state index contributed by atoms with van der Waals surface area (Å²) in [6.07, 6.45) is 0. The van der Waals surface area contributed by atoms with Crippen molar-refractivity contribution in [3.05, 3.63) is 176 Å². The first kappa shape index (κ1) is 28.6. The number of nitrogens with zero attached hydrogens (tertiary/aromatic N) is 3. The van der Waals surface area contributed by atoms with Crippen LogP contribution >= 0.6 is 0 Å². The van der Waals surface area contributed by atoms with Crippen molar-refractivity contribution in [3.63, 3.8) is 0 Å². The van der Waals surface area contributed by atoms with Gasteiger partial charge in [-0.15, -0.1) is 0 Å². The number of furan rings is 1. The molecule has 0 aliphatic heterocycles. The van der Waals surface area contributed by atoms with Gasteiger partial charge >= 0.3 is 0 Å². The van der Waals surface area contributed by atoms with E-state index in [4.69, 9.17) is 19.4 Å². The van der Waals surface area contributed by atoms with Crippen LogP contribution in [0.15, 0.2) is 180 Å². The maximum absolute atomic E-state index is 6.51. The average Bonchev–Trinajstić information content (AvgIpc) is 3.57. The van der Waals surface area contributed by atoms with E-state index in [1.807, 2.05) is 78.9 Å². The van der Waals surface area contributed by atoms with Crippen LogP contribution in [0, 0.1) is 0 Å². The first-order valence-electron chi connectivity index (χ1n) is 16.4. The van der Waals surface area contributed by atoms with Crippen LogP contribution in [0.1, 0.15) is 0 Å². The molecule has 0 spiro atoms. The van der Waals surface area contributed by atoms with Crippen LogP contribution in [0.25, 0.3) is 89.5 Å². The topological polar surface area (TPSA) is 51.8 Å². The van der Waals surface area contributed by atoms with E-state index >= 15 is 0 Å². The van der Waals surface area contributed by atoms with E-state index in [0.29, 0.717) is 17.5 Å². The molecule has 49 heavy (non-hydrogen) atoms. The standard InChI is InChI=1S/C45H29N3O/c1-4-14-30(15-5-1)33-20-12-21-34(26-33)35-22-13-23-36(27-35)39-28-37(29-41-42(39)38-24-10-11-25-40(38)49-41)45-47-43(31-16-6-2-7-17-31)46-44(48-45)32-18-8-3-9-19-32/h1-29H. The van der Waals surface area contributed by atoms with Crippen molar-refractivity contribution in [1.82, 2.24) is 15.0 Å². The highest BCUT2D eigenvalue weighted by Crippen LogP contribution is 2.41. The van der Waals surface area contributed by atoms with Crippen molar-refractivity contribution in [2.45, 2.75) is 0 Å². The number of hydrogen-bond acceptors (Lipinski definition) is 4. The van der Waals surface area contributed by atoms with Crippen molar-refractivity contribution in [1.29, 1.82) is 0 Å². The Morgan fingerprint density at radius 1 is 0.306 bits per heavy atom. The molecule has 9 aromatic rings. The molecule has 0 bridgehead atoms. The lowest BCUT2D eigenvalue weighted by Crippen LogP contribution is -2.00. The summed E-state index contributed by atoms with van der Waals surface area (Å²) in [5, 5.41) is 2.14. The summed E-state index contributed by atoms with van der Waals surface area (Å²) in [6.45, 7) is 0. The van der Waals surface area contributed by atoms with Gasteiger partial charge in [0, 0.05) is 27.5 Å². The molecule has 4 heteroatoms. The van der Waals surface area contributed by atoms with Crippen molar-refractivity contribution in [2.75, 3.05) is 0 Å². The van der Waals surface area contributed by atoms with Gasteiger partial charge in [0.2, 0.25) is 0 Å². The van der Waals surface area contributed by atoms with E-state index in [0.717, 1.165) is 60.9 Å². The summed E-state index contributed by atoms with van der Waals surface area (Å²) >= 11 is 0. The molecule has 0 aliphatic carbocycles. The van der Waals surface area contributed by atoms with Crippen LogP contribution in [0.2, 0.25) is 0 Å². The van der Waals surface area contributed by atoms with Crippen LogP contribution in [0.3, 0.4) is 0 Å². The largest absolute Gasteiger partial charge is 0.456 e. The highest BCUT2D eigenvalue weighted by atomic mass is 16.3. The van der Waals surface area contributed by atoms with Crippen molar-refractivity contribution < 1.29 is 4.42 Å². The lowest BCUT2D eigenvalue weighted by Gasteiger charge is -2.12. The third-order valence-electron chi connectivity index (χ3n) is 8.91. The van der Waals surface area contributed by atoms with Gasteiger partial charge < -0.3 is 4.42 Å². The van der Waals surface area contributed by atoms with Gasteiger partial charge in [-0.3, -0.25) is 0 Å². The molecule has 4 nitrogen and oxygen atoms in total. The molecule has 0 aliphatic rings. The normalized spacial score (nSPS) is 11.3. The molecule has 0 amide bonds.